The van der Waals surface area contributed by atoms with Crippen molar-refractivity contribution in [3.05, 3.63) is 10.4 Å². The van der Waals surface area contributed by atoms with Crippen molar-refractivity contribution in [2.45, 2.75) is 58.8 Å². The number of rotatable bonds is 5. The third-order valence-corrected chi connectivity index (χ3v) is 2.46. The second-order valence-corrected chi connectivity index (χ2v) is 6.11. The number of aliphatic hydroxyl groups is 1. The number of hydrogen-bond donors (Lipinski definition) is 2. The summed E-state index contributed by atoms with van der Waals surface area (Å²) in [4.78, 5) is 14.4. The fourth-order valence-corrected chi connectivity index (χ4v) is 1.75. The molecule has 0 bridgehead atoms. The molecule has 1 amide bonds. The van der Waals surface area contributed by atoms with E-state index in [1.807, 2.05) is 13.8 Å². The van der Waals surface area contributed by atoms with Crippen molar-refractivity contribution >= 4 is 6.09 Å². The van der Waals surface area contributed by atoms with E-state index in [9.17, 15) is 9.90 Å². The molecule has 19 heavy (non-hydrogen) atoms. The van der Waals surface area contributed by atoms with Gasteiger partial charge in [-0.05, 0) is 39.1 Å². The Morgan fingerprint density at radius 1 is 1.42 bits per heavy atom. The van der Waals surface area contributed by atoms with Crippen LogP contribution < -0.4 is 5.32 Å². The summed E-state index contributed by atoms with van der Waals surface area (Å²) in [5.74, 6) is -0.0450. The number of nitrogens with zero attached hydrogens (tertiary/aromatic N) is 3. The number of nitrogens with one attached hydrogen (secondary N) is 1. The van der Waals surface area contributed by atoms with Gasteiger partial charge in [-0.2, -0.15) is 0 Å². The molecule has 0 aliphatic carbocycles. The molecule has 0 heterocycles. The van der Waals surface area contributed by atoms with Crippen molar-refractivity contribution in [2.24, 2.45) is 11.0 Å². The van der Waals surface area contributed by atoms with Crippen LogP contribution in [0.2, 0.25) is 0 Å². The van der Waals surface area contributed by atoms with Crippen LogP contribution in [0.15, 0.2) is 5.11 Å². The number of amides is 1. The van der Waals surface area contributed by atoms with E-state index in [2.05, 4.69) is 15.3 Å². The molecule has 0 fully saturated rings. The molecule has 0 aliphatic heterocycles. The standard InChI is InChI=1S/C12H24N4O3/c1-8(2)9(12(6,18)7-14-16-13)15-10(17)19-11(3,4)5/h8-9,18H,7H2,1-6H3,(H,15,17). The van der Waals surface area contributed by atoms with E-state index in [4.69, 9.17) is 10.3 Å². The van der Waals surface area contributed by atoms with Crippen LogP contribution in [-0.4, -0.2) is 35.0 Å². The maximum absolute atomic E-state index is 11.7. The molecule has 0 spiro atoms. The molecule has 0 saturated carbocycles. The third kappa shape index (κ3) is 6.88. The van der Waals surface area contributed by atoms with E-state index in [0.717, 1.165) is 0 Å². The molecular formula is C12H24N4O3. The first-order valence-electron chi connectivity index (χ1n) is 6.22. The summed E-state index contributed by atoms with van der Waals surface area (Å²) in [5, 5.41) is 16.3. The lowest BCUT2D eigenvalue weighted by Gasteiger charge is -2.35. The maximum atomic E-state index is 11.7. The Hall–Kier alpha value is -1.46. The average molecular weight is 272 g/mol. The third-order valence-electron chi connectivity index (χ3n) is 2.46. The van der Waals surface area contributed by atoms with Crippen LogP contribution in [0.1, 0.15) is 41.5 Å². The largest absolute Gasteiger partial charge is 0.444 e. The van der Waals surface area contributed by atoms with E-state index in [1.54, 1.807) is 20.8 Å². The zero-order valence-corrected chi connectivity index (χ0v) is 12.5. The van der Waals surface area contributed by atoms with Crippen molar-refractivity contribution in [1.82, 2.24) is 5.32 Å². The van der Waals surface area contributed by atoms with Gasteiger partial charge in [-0.3, -0.25) is 0 Å². The van der Waals surface area contributed by atoms with E-state index >= 15 is 0 Å². The second-order valence-electron chi connectivity index (χ2n) is 6.11. The molecule has 2 atom stereocenters. The van der Waals surface area contributed by atoms with Crippen molar-refractivity contribution in [3.63, 3.8) is 0 Å². The predicted molar refractivity (Wildman–Crippen MR) is 72.6 cm³/mol. The average Bonchev–Trinajstić information content (AvgIpc) is 2.20. The summed E-state index contributed by atoms with van der Waals surface area (Å²) in [6.07, 6.45) is -0.604. The Morgan fingerprint density at radius 2 is 1.95 bits per heavy atom. The Kier molecular flexibility index (Phi) is 6.12. The van der Waals surface area contributed by atoms with E-state index in [1.165, 1.54) is 6.92 Å². The molecule has 0 aliphatic rings. The Balaban J connectivity index is 4.84. The van der Waals surface area contributed by atoms with Gasteiger partial charge >= 0.3 is 6.09 Å². The first-order valence-corrected chi connectivity index (χ1v) is 6.22. The van der Waals surface area contributed by atoms with Crippen LogP contribution in [0.3, 0.4) is 0 Å². The highest BCUT2D eigenvalue weighted by molar-refractivity contribution is 5.68. The Bertz CT molecular complexity index is 354. The van der Waals surface area contributed by atoms with Gasteiger partial charge in [0.2, 0.25) is 0 Å². The van der Waals surface area contributed by atoms with Crippen molar-refractivity contribution < 1.29 is 14.6 Å². The van der Waals surface area contributed by atoms with E-state index in [-0.39, 0.29) is 12.5 Å². The van der Waals surface area contributed by atoms with Gasteiger partial charge in [0.15, 0.2) is 0 Å². The lowest BCUT2D eigenvalue weighted by molar-refractivity contribution is -0.00130. The molecule has 7 nitrogen and oxygen atoms in total. The van der Waals surface area contributed by atoms with Crippen LogP contribution in [0.4, 0.5) is 4.79 Å². The summed E-state index contributed by atoms with van der Waals surface area (Å²) < 4.78 is 5.15. The highest BCUT2D eigenvalue weighted by Gasteiger charge is 2.35. The monoisotopic (exact) mass is 272 g/mol. The molecule has 110 valence electrons. The number of alkyl carbamates (subject to hydrolysis) is 1. The molecule has 2 unspecified atom stereocenters. The predicted octanol–water partition coefficient (Wildman–Crippen LogP) is 2.60. The van der Waals surface area contributed by atoms with Crippen LogP contribution in [0.5, 0.6) is 0 Å². The highest BCUT2D eigenvalue weighted by atomic mass is 16.6. The van der Waals surface area contributed by atoms with Gasteiger partial charge in [-0.25, -0.2) is 4.79 Å². The van der Waals surface area contributed by atoms with E-state index in [0.29, 0.717) is 0 Å². The minimum absolute atomic E-state index is 0.0450. The van der Waals surface area contributed by atoms with Gasteiger partial charge in [-0.1, -0.05) is 19.0 Å². The summed E-state index contributed by atoms with van der Waals surface area (Å²) >= 11 is 0. The molecule has 2 N–H and O–H groups in total. The summed E-state index contributed by atoms with van der Waals surface area (Å²) in [5.41, 5.74) is 6.38. The van der Waals surface area contributed by atoms with Gasteiger partial charge in [0, 0.05) is 4.91 Å². The SMILES string of the molecule is CC(C)C(NC(=O)OC(C)(C)C)C(C)(O)CN=[N+]=[N-]. The number of hydrogen-bond acceptors (Lipinski definition) is 4. The fourth-order valence-electron chi connectivity index (χ4n) is 1.75. The number of azide groups is 1. The molecule has 0 aromatic rings. The van der Waals surface area contributed by atoms with E-state index < -0.39 is 23.3 Å². The maximum Gasteiger partial charge on any atom is 0.407 e. The first-order chi connectivity index (χ1) is 8.49. The second kappa shape index (κ2) is 6.63. The van der Waals surface area contributed by atoms with Gasteiger partial charge in [0.1, 0.15) is 5.60 Å². The number of ether oxygens (including phenoxy) is 1. The van der Waals surface area contributed by atoms with Crippen molar-refractivity contribution in [3.8, 4) is 0 Å². The van der Waals surface area contributed by atoms with Crippen LogP contribution >= 0.6 is 0 Å². The summed E-state index contributed by atoms with van der Waals surface area (Å²) in [6, 6.07) is -0.576. The molecule has 0 saturated heterocycles. The highest BCUT2D eigenvalue weighted by Crippen LogP contribution is 2.19. The lowest BCUT2D eigenvalue weighted by Crippen LogP contribution is -2.56. The molecule has 0 aromatic heterocycles. The van der Waals surface area contributed by atoms with Crippen LogP contribution in [0, 0.1) is 5.92 Å². The van der Waals surface area contributed by atoms with Gasteiger partial charge < -0.3 is 15.2 Å². The zero-order valence-electron chi connectivity index (χ0n) is 12.5. The van der Waals surface area contributed by atoms with Crippen LogP contribution in [0.25, 0.3) is 10.4 Å². The molecule has 0 rings (SSSR count). The van der Waals surface area contributed by atoms with Gasteiger partial charge in [0.05, 0.1) is 18.2 Å². The minimum atomic E-state index is -1.34. The van der Waals surface area contributed by atoms with Gasteiger partial charge in [-0.15, -0.1) is 0 Å². The molecule has 0 radical (unpaired) electrons. The van der Waals surface area contributed by atoms with Gasteiger partial charge in [0.25, 0.3) is 0 Å². The molecule has 0 aromatic carbocycles. The molecule has 7 heteroatoms. The summed E-state index contributed by atoms with van der Waals surface area (Å²) in [7, 11) is 0. The number of carbonyl (C=O) groups is 1. The molecular weight excluding hydrogens is 248 g/mol. The van der Waals surface area contributed by atoms with Crippen molar-refractivity contribution in [2.75, 3.05) is 6.54 Å². The van der Waals surface area contributed by atoms with Crippen molar-refractivity contribution in [1.29, 1.82) is 0 Å². The minimum Gasteiger partial charge on any atom is -0.444 e. The normalized spacial score (nSPS) is 16.2. The topological polar surface area (TPSA) is 107 Å². The zero-order chi connectivity index (χ0) is 15.3. The fraction of sp³-hybridized carbons (Fsp3) is 0.917. The Labute approximate surface area is 114 Å². The number of carbonyl (C=O) groups excluding carboxylic acids is 1. The van der Waals surface area contributed by atoms with Crippen LogP contribution in [-0.2, 0) is 4.74 Å². The smallest absolute Gasteiger partial charge is 0.407 e. The lowest BCUT2D eigenvalue weighted by atomic mass is 9.88. The summed E-state index contributed by atoms with van der Waals surface area (Å²) in [6.45, 7) is 10.4. The quantitative estimate of drug-likeness (QED) is 0.456. The first kappa shape index (κ1) is 17.5. The Morgan fingerprint density at radius 3 is 2.32 bits per heavy atom.